The number of hydrogen-bond donors (Lipinski definition) is 0. The van der Waals surface area contributed by atoms with Crippen LogP contribution >= 0.6 is 0 Å². The van der Waals surface area contributed by atoms with E-state index in [0.29, 0.717) is 0 Å². The summed E-state index contributed by atoms with van der Waals surface area (Å²) in [6.45, 7) is 10.9. The Balaban J connectivity index is 0. The highest BCUT2D eigenvalue weighted by atomic mass is 14.1. The maximum Gasteiger partial charge on any atom is -0.0415 e. The monoisotopic (exact) mass is 172 g/mol. The molecule has 0 aromatic carbocycles. The zero-order chi connectivity index (χ0) is 9.82. The quantitative estimate of drug-likeness (QED) is 0.527. The van der Waals surface area contributed by atoms with Crippen LogP contribution in [0.1, 0.15) is 73.1 Å². The predicted octanol–water partition coefficient (Wildman–Crippen LogP) is 5.03. The van der Waals surface area contributed by atoms with Crippen molar-refractivity contribution in [3.8, 4) is 0 Å². The van der Waals surface area contributed by atoms with Gasteiger partial charge < -0.3 is 0 Å². The van der Waals surface area contributed by atoms with Gasteiger partial charge in [0.1, 0.15) is 0 Å². The van der Waals surface area contributed by atoms with Crippen LogP contribution < -0.4 is 0 Å². The first-order valence-electron chi connectivity index (χ1n) is 5.85. The third-order valence-corrected chi connectivity index (χ3v) is 2.09. The molecule has 76 valence electrons. The maximum atomic E-state index is 2.29. The van der Waals surface area contributed by atoms with Crippen LogP contribution in [0.3, 0.4) is 0 Å². The Morgan fingerprint density at radius 3 is 1.08 bits per heavy atom. The molecule has 0 atom stereocenters. The van der Waals surface area contributed by atoms with Gasteiger partial charge in [0.15, 0.2) is 0 Å². The van der Waals surface area contributed by atoms with Gasteiger partial charge in [0.2, 0.25) is 0 Å². The van der Waals surface area contributed by atoms with E-state index in [0.717, 1.165) is 5.92 Å². The van der Waals surface area contributed by atoms with Crippen LogP contribution in [0.5, 0.6) is 0 Å². The van der Waals surface area contributed by atoms with Crippen molar-refractivity contribution in [3.05, 3.63) is 0 Å². The fourth-order valence-electron chi connectivity index (χ4n) is 1.66. The van der Waals surface area contributed by atoms with Crippen LogP contribution in [0.4, 0.5) is 0 Å². The van der Waals surface area contributed by atoms with E-state index in [-0.39, 0.29) is 0 Å². The largest absolute Gasteiger partial charge is 0.0683 e. The van der Waals surface area contributed by atoms with Crippen molar-refractivity contribution >= 4 is 0 Å². The molecule has 0 aliphatic rings. The Morgan fingerprint density at radius 2 is 0.917 bits per heavy atom. The molecule has 0 saturated carbocycles. The highest BCUT2D eigenvalue weighted by Gasteiger charge is 2.03. The Labute approximate surface area is 79.8 Å². The van der Waals surface area contributed by atoms with Crippen molar-refractivity contribution in [2.45, 2.75) is 73.1 Å². The first-order valence-corrected chi connectivity index (χ1v) is 5.85. The average Bonchev–Trinajstić information content (AvgIpc) is 2.10. The molecule has 0 amide bonds. The molecular weight excluding hydrogens is 144 g/mol. The van der Waals surface area contributed by atoms with Gasteiger partial charge in [-0.3, -0.25) is 0 Å². The predicted molar refractivity (Wildman–Crippen MR) is 59.6 cm³/mol. The van der Waals surface area contributed by atoms with Crippen molar-refractivity contribution in [3.63, 3.8) is 0 Å². The van der Waals surface area contributed by atoms with Crippen LogP contribution in [0.25, 0.3) is 0 Å². The summed E-state index contributed by atoms with van der Waals surface area (Å²) >= 11 is 0. The topological polar surface area (TPSA) is 0 Å². The second-order valence-electron chi connectivity index (χ2n) is 3.23. The van der Waals surface area contributed by atoms with Gasteiger partial charge in [0.05, 0.1) is 0 Å². The Bertz CT molecular complexity index is 42.8. The fraction of sp³-hybridized carbons (Fsp3) is 1.00. The van der Waals surface area contributed by atoms with Crippen molar-refractivity contribution in [1.82, 2.24) is 0 Å². The average molecular weight is 172 g/mol. The summed E-state index contributed by atoms with van der Waals surface area (Å²) < 4.78 is 0. The van der Waals surface area contributed by atoms with E-state index in [1.807, 2.05) is 13.8 Å². The lowest BCUT2D eigenvalue weighted by molar-refractivity contribution is 0.407. The molecule has 0 nitrogen and oxygen atoms in total. The Hall–Kier alpha value is 0. The first-order chi connectivity index (χ1) is 5.85. The van der Waals surface area contributed by atoms with E-state index in [1.165, 1.54) is 38.5 Å². The van der Waals surface area contributed by atoms with Crippen molar-refractivity contribution < 1.29 is 0 Å². The molecule has 0 bridgehead atoms. The molecule has 0 rings (SSSR count). The molecule has 0 N–H and O–H groups in total. The minimum absolute atomic E-state index is 1.03. The molecule has 0 spiro atoms. The molecule has 0 heterocycles. The summed E-state index contributed by atoms with van der Waals surface area (Å²) in [4.78, 5) is 0. The lowest BCUT2D eigenvalue weighted by atomic mass is 9.94. The molecule has 0 saturated heterocycles. The number of hydrogen-bond acceptors (Lipinski definition) is 0. The summed E-state index contributed by atoms with van der Waals surface area (Å²) in [5, 5.41) is 0. The van der Waals surface area contributed by atoms with Gasteiger partial charge in [-0.1, -0.05) is 73.1 Å². The molecule has 0 fully saturated rings. The summed E-state index contributed by atoms with van der Waals surface area (Å²) in [6, 6.07) is 0. The summed E-state index contributed by atoms with van der Waals surface area (Å²) in [6.07, 6.45) is 8.44. The minimum Gasteiger partial charge on any atom is -0.0683 e. The molecule has 0 radical (unpaired) electrons. The molecule has 0 heteroatoms. The smallest absolute Gasteiger partial charge is 0.0415 e. The summed E-state index contributed by atoms with van der Waals surface area (Å²) in [7, 11) is 0. The molecular formula is C12H28. The van der Waals surface area contributed by atoms with Crippen molar-refractivity contribution in [1.29, 1.82) is 0 Å². The van der Waals surface area contributed by atoms with Crippen molar-refractivity contribution in [2.75, 3.05) is 0 Å². The van der Waals surface area contributed by atoms with Gasteiger partial charge >= 0.3 is 0 Å². The van der Waals surface area contributed by atoms with Crippen molar-refractivity contribution in [2.24, 2.45) is 5.92 Å². The van der Waals surface area contributed by atoms with E-state index < -0.39 is 0 Å². The van der Waals surface area contributed by atoms with Crippen LogP contribution in [-0.4, -0.2) is 0 Å². The van der Waals surface area contributed by atoms with E-state index in [2.05, 4.69) is 20.8 Å². The zero-order valence-electron chi connectivity index (χ0n) is 9.82. The van der Waals surface area contributed by atoms with Gasteiger partial charge in [-0.15, -0.1) is 0 Å². The highest BCUT2D eigenvalue weighted by Crippen LogP contribution is 2.18. The van der Waals surface area contributed by atoms with E-state index in [4.69, 9.17) is 0 Å². The molecule has 0 aromatic heterocycles. The highest BCUT2D eigenvalue weighted by molar-refractivity contribution is 4.56. The van der Waals surface area contributed by atoms with Crippen LogP contribution in [-0.2, 0) is 0 Å². The number of rotatable bonds is 6. The lowest BCUT2D eigenvalue weighted by Crippen LogP contribution is -1.98. The standard InChI is InChI=1S/C10H22.C2H6/c1-4-7-10(8-5-2)9-6-3;1-2/h10H,4-9H2,1-3H3;1-2H3. The zero-order valence-corrected chi connectivity index (χ0v) is 9.82. The SMILES string of the molecule is CC.CCCC(CCC)CCC. The van der Waals surface area contributed by atoms with Crippen LogP contribution in [0, 0.1) is 5.92 Å². The van der Waals surface area contributed by atoms with E-state index in [9.17, 15) is 0 Å². The van der Waals surface area contributed by atoms with Gasteiger partial charge in [0, 0.05) is 0 Å². The van der Waals surface area contributed by atoms with Crippen LogP contribution in [0.15, 0.2) is 0 Å². The molecule has 0 aliphatic heterocycles. The second kappa shape index (κ2) is 13.6. The molecule has 0 aliphatic carbocycles. The Morgan fingerprint density at radius 1 is 0.667 bits per heavy atom. The van der Waals surface area contributed by atoms with Gasteiger partial charge in [0.25, 0.3) is 0 Å². The maximum absolute atomic E-state index is 2.29. The first kappa shape index (κ1) is 14.5. The van der Waals surface area contributed by atoms with Crippen LogP contribution in [0.2, 0.25) is 0 Å². The third kappa shape index (κ3) is 10.0. The van der Waals surface area contributed by atoms with E-state index in [1.54, 1.807) is 0 Å². The fourth-order valence-corrected chi connectivity index (χ4v) is 1.66. The normalized spacial score (nSPS) is 9.50. The summed E-state index contributed by atoms with van der Waals surface area (Å²) in [5.41, 5.74) is 0. The molecule has 0 aromatic rings. The third-order valence-electron chi connectivity index (χ3n) is 2.09. The van der Waals surface area contributed by atoms with Gasteiger partial charge in [-0.2, -0.15) is 0 Å². The summed E-state index contributed by atoms with van der Waals surface area (Å²) in [5.74, 6) is 1.03. The molecule has 0 unspecified atom stereocenters. The second-order valence-corrected chi connectivity index (χ2v) is 3.23. The minimum atomic E-state index is 1.03. The Kier molecular flexibility index (Phi) is 16.4. The molecule has 12 heavy (non-hydrogen) atoms. The van der Waals surface area contributed by atoms with Gasteiger partial charge in [-0.25, -0.2) is 0 Å². The van der Waals surface area contributed by atoms with Gasteiger partial charge in [-0.05, 0) is 5.92 Å². The lowest BCUT2D eigenvalue weighted by Gasteiger charge is -2.12. The van der Waals surface area contributed by atoms with E-state index >= 15 is 0 Å².